The minimum atomic E-state index is -0.820. The molecule has 1 saturated carbocycles. The molecule has 1 atom stereocenters. The predicted molar refractivity (Wildman–Crippen MR) is 57.5 cm³/mol. The number of amides is 1. The summed E-state index contributed by atoms with van der Waals surface area (Å²) in [4.78, 5) is 11.2. The Morgan fingerprint density at radius 1 is 1.50 bits per heavy atom. The van der Waals surface area contributed by atoms with Crippen LogP contribution < -0.4 is 10.6 Å². The largest absolute Gasteiger partial charge is 0.354 e. The molecule has 0 bridgehead atoms. The van der Waals surface area contributed by atoms with E-state index >= 15 is 0 Å². The number of hydrogen-bond acceptors (Lipinski definition) is 3. The predicted octanol–water partition coefficient (Wildman–Crippen LogP) is -0.519. The van der Waals surface area contributed by atoms with E-state index in [2.05, 4.69) is 10.6 Å². The van der Waals surface area contributed by atoms with Gasteiger partial charge < -0.3 is 10.6 Å². The lowest BCUT2D eigenvalue weighted by Gasteiger charge is -2.04. The second-order valence-corrected chi connectivity index (χ2v) is 5.26. The molecule has 1 aliphatic rings. The van der Waals surface area contributed by atoms with Crippen LogP contribution in [0.2, 0.25) is 0 Å². The number of carbonyl (C=O) groups excluding carboxylic acids is 1. The fraction of sp³-hybridized carbons (Fsp3) is 0.889. The Morgan fingerprint density at radius 2 is 2.21 bits per heavy atom. The molecule has 5 heteroatoms. The summed E-state index contributed by atoms with van der Waals surface area (Å²) in [5, 5.41) is 5.81. The van der Waals surface area contributed by atoms with E-state index < -0.39 is 10.8 Å². The summed E-state index contributed by atoms with van der Waals surface area (Å²) in [6.45, 7) is 1.84. The molecule has 0 aromatic rings. The first-order chi connectivity index (χ1) is 6.68. The third kappa shape index (κ3) is 6.10. The van der Waals surface area contributed by atoms with Crippen LogP contribution in [-0.2, 0) is 15.6 Å². The molecule has 0 heterocycles. The first-order valence-corrected chi connectivity index (χ1v) is 6.68. The molecule has 0 spiro atoms. The first-order valence-electron chi connectivity index (χ1n) is 4.96. The van der Waals surface area contributed by atoms with Gasteiger partial charge in [-0.15, -0.1) is 0 Å². The minimum absolute atomic E-state index is 0.00361. The van der Waals surface area contributed by atoms with Gasteiger partial charge in [-0.1, -0.05) is 0 Å². The number of rotatable bonds is 7. The zero-order chi connectivity index (χ0) is 10.4. The maximum Gasteiger partial charge on any atom is 0.233 e. The van der Waals surface area contributed by atoms with Crippen molar-refractivity contribution in [1.82, 2.24) is 10.6 Å². The Bertz CT molecular complexity index is 217. The summed E-state index contributed by atoms with van der Waals surface area (Å²) in [6.07, 6.45) is 4.23. The van der Waals surface area contributed by atoms with Gasteiger partial charge in [-0.2, -0.15) is 0 Å². The Morgan fingerprint density at radius 3 is 2.79 bits per heavy atom. The molecule has 0 aromatic carbocycles. The molecule has 0 saturated heterocycles. The molecule has 0 radical (unpaired) electrons. The summed E-state index contributed by atoms with van der Waals surface area (Å²) >= 11 is 0. The average Bonchev–Trinajstić information content (AvgIpc) is 2.87. The molecular formula is C9H18N2O2S. The van der Waals surface area contributed by atoms with E-state index in [0.717, 1.165) is 12.5 Å². The molecule has 82 valence electrons. The summed E-state index contributed by atoms with van der Waals surface area (Å²) < 4.78 is 10.7. The SMILES string of the molecule is CS(=O)CCNC(=O)CNCC1CC1. The van der Waals surface area contributed by atoms with Gasteiger partial charge in [0, 0.05) is 29.4 Å². The highest BCUT2D eigenvalue weighted by molar-refractivity contribution is 7.84. The first kappa shape index (κ1) is 11.7. The summed E-state index contributed by atoms with van der Waals surface area (Å²) in [5.74, 6) is 1.33. The second-order valence-electron chi connectivity index (χ2n) is 3.70. The van der Waals surface area contributed by atoms with E-state index in [0.29, 0.717) is 18.8 Å². The van der Waals surface area contributed by atoms with E-state index in [4.69, 9.17) is 0 Å². The molecule has 1 aliphatic carbocycles. The van der Waals surface area contributed by atoms with Gasteiger partial charge in [-0.3, -0.25) is 9.00 Å². The average molecular weight is 218 g/mol. The van der Waals surface area contributed by atoms with Gasteiger partial charge in [0.05, 0.1) is 6.54 Å². The van der Waals surface area contributed by atoms with Crippen molar-refractivity contribution in [3.05, 3.63) is 0 Å². The van der Waals surface area contributed by atoms with Crippen LogP contribution in [0, 0.1) is 5.92 Å². The maximum absolute atomic E-state index is 11.2. The van der Waals surface area contributed by atoms with Crippen LogP contribution >= 0.6 is 0 Å². The Labute approximate surface area is 87.3 Å². The molecule has 14 heavy (non-hydrogen) atoms. The van der Waals surface area contributed by atoms with Gasteiger partial charge in [0.15, 0.2) is 0 Å². The van der Waals surface area contributed by atoms with Gasteiger partial charge in [0.2, 0.25) is 5.91 Å². The van der Waals surface area contributed by atoms with E-state index in [1.807, 2.05) is 0 Å². The highest BCUT2D eigenvalue weighted by Crippen LogP contribution is 2.27. The number of hydrogen-bond donors (Lipinski definition) is 2. The highest BCUT2D eigenvalue weighted by atomic mass is 32.2. The molecule has 2 N–H and O–H groups in total. The standard InChI is InChI=1S/C9H18N2O2S/c1-14(13)5-4-11-9(12)7-10-6-8-2-3-8/h8,10H,2-7H2,1H3,(H,11,12). The smallest absolute Gasteiger partial charge is 0.233 e. The lowest BCUT2D eigenvalue weighted by atomic mass is 10.4. The quantitative estimate of drug-likeness (QED) is 0.604. The van der Waals surface area contributed by atoms with Gasteiger partial charge in [0.1, 0.15) is 0 Å². The maximum atomic E-state index is 11.2. The van der Waals surface area contributed by atoms with Crippen LogP contribution in [0.15, 0.2) is 0 Å². The van der Waals surface area contributed by atoms with Crippen molar-refractivity contribution in [3.63, 3.8) is 0 Å². The lowest BCUT2D eigenvalue weighted by Crippen LogP contribution is -2.36. The molecule has 0 aromatic heterocycles. The van der Waals surface area contributed by atoms with Crippen LogP contribution in [0.5, 0.6) is 0 Å². The van der Waals surface area contributed by atoms with Crippen molar-refractivity contribution < 1.29 is 9.00 Å². The highest BCUT2D eigenvalue weighted by Gasteiger charge is 2.20. The van der Waals surface area contributed by atoms with E-state index in [1.165, 1.54) is 12.8 Å². The van der Waals surface area contributed by atoms with Crippen molar-refractivity contribution in [3.8, 4) is 0 Å². The van der Waals surface area contributed by atoms with Gasteiger partial charge in [-0.05, 0) is 25.3 Å². The Kier molecular flexibility index (Phi) is 5.11. The monoisotopic (exact) mass is 218 g/mol. The lowest BCUT2D eigenvalue weighted by molar-refractivity contribution is -0.120. The second kappa shape index (κ2) is 6.14. The molecule has 0 aliphatic heterocycles. The third-order valence-corrected chi connectivity index (χ3v) is 2.91. The molecule has 1 fully saturated rings. The van der Waals surface area contributed by atoms with Crippen molar-refractivity contribution in [1.29, 1.82) is 0 Å². The number of carbonyl (C=O) groups is 1. The van der Waals surface area contributed by atoms with E-state index in [-0.39, 0.29) is 5.91 Å². The van der Waals surface area contributed by atoms with Crippen molar-refractivity contribution in [2.75, 3.05) is 31.6 Å². The molecular weight excluding hydrogens is 200 g/mol. The summed E-state index contributed by atoms with van der Waals surface area (Å²) in [7, 11) is -0.820. The van der Waals surface area contributed by atoms with Crippen LogP contribution in [0.25, 0.3) is 0 Å². The van der Waals surface area contributed by atoms with Crippen LogP contribution in [0.1, 0.15) is 12.8 Å². The van der Waals surface area contributed by atoms with Gasteiger partial charge in [0.25, 0.3) is 0 Å². The molecule has 1 rings (SSSR count). The zero-order valence-corrected chi connectivity index (χ0v) is 9.36. The Balaban J connectivity index is 1.89. The van der Waals surface area contributed by atoms with E-state index in [9.17, 15) is 9.00 Å². The topological polar surface area (TPSA) is 58.2 Å². The van der Waals surface area contributed by atoms with Gasteiger partial charge >= 0.3 is 0 Å². The molecule has 1 amide bonds. The van der Waals surface area contributed by atoms with Crippen molar-refractivity contribution >= 4 is 16.7 Å². The van der Waals surface area contributed by atoms with Crippen molar-refractivity contribution in [2.24, 2.45) is 5.92 Å². The fourth-order valence-electron chi connectivity index (χ4n) is 1.11. The molecule has 4 nitrogen and oxygen atoms in total. The molecule has 1 unspecified atom stereocenters. The van der Waals surface area contributed by atoms with Crippen molar-refractivity contribution in [2.45, 2.75) is 12.8 Å². The normalized spacial score (nSPS) is 17.8. The number of nitrogens with one attached hydrogen (secondary N) is 2. The Hall–Kier alpha value is -0.420. The third-order valence-electron chi connectivity index (χ3n) is 2.13. The fourth-order valence-corrected chi connectivity index (χ4v) is 1.50. The zero-order valence-electron chi connectivity index (χ0n) is 8.54. The van der Waals surface area contributed by atoms with E-state index in [1.54, 1.807) is 6.26 Å². The summed E-state index contributed by atoms with van der Waals surface area (Å²) in [5.41, 5.74) is 0. The van der Waals surface area contributed by atoms with Crippen LogP contribution in [0.4, 0.5) is 0 Å². The van der Waals surface area contributed by atoms with Gasteiger partial charge in [-0.25, -0.2) is 0 Å². The van der Waals surface area contributed by atoms with Crippen LogP contribution in [-0.4, -0.2) is 41.8 Å². The minimum Gasteiger partial charge on any atom is -0.354 e. The summed E-state index contributed by atoms with van der Waals surface area (Å²) in [6, 6.07) is 0. The van der Waals surface area contributed by atoms with Crippen LogP contribution in [0.3, 0.4) is 0 Å².